The van der Waals surface area contributed by atoms with Crippen LogP contribution >= 0.6 is 0 Å². The molecule has 6 heteroatoms. The van der Waals surface area contributed by atoms with Crippen LogP contribution in [0.15, 0.2) is 15.3 Å². The number of aromatic hydroxyl groups is 1. The molecule has 102 valence electrons. The summed E-state index contributed by atoms with van der Waals surface area (Å²) >= 11 is 0. The monoisotopic (exact) mass is 266 g/mol. The number of esters is 1. The van der Waals surface area contributed by atoms with E-state index in [0.717, 1.165) is 0 Å². The van der Waals surface area contributed by atoms with Crippen molar-refractivity contribution in [1.82, 2.24) is 0 Å². The zero-order valence-corrected chi connectivity index (χ0v) is 10.4. The second-order valence-electron chi connectivity index (χ2n) is 4.00. The predicted octanol–water partition coefficient (Wildman–Crippen LogP) is -0.742. The van der Waals surface area contributed by atoms with Crippen molar-refractivity contribution in [3.8, 4) is 5.75 Å². The molecule has 0 fully saturated rings. The van der Waals surface area contributed by atoms with Gasteiger partial charge in [0.2, 0.25) is 5.75 Å². The van der Waals surface area contributed by atoms with Crippen LogP contribution in [-0.2, 0) is 14.3 Å². The van der Waals surface area contributed by atoms with Gasteiger partial charge in [0.1, 0.15) is 12.0 Å². The van der Waals surface area contributed by atoms with Crippen LogP contribution in [0.4, 0.5) is 0 Å². The molecule has 0 amide bonds. The first-order chi connectivity index (χ1) is 9.10. The van der Waals surface area contributed by atoms with Crippen LogP contribution < -0.4 is 16.3 Å². The van der Waals surface area contributed by atoms with Gasteiger partial charge < -0.3 is 19.0 Å². The van der Waals surface area contributed by atoms with Gasteiger partial charge in [0.25, 0.3) is 0 Å². The third kappa shape index (κ3) is 3.23. The van der Waals surface area contributed by atoms with E-state index < -0.39 is 17.3 Å². The largest absolute Gasteiger partial charge is 0.502 e. The Balaban J connectivity index is 2.12. The van der Waals surface area contributed by atoms with Crippen LogP contribution in [-0.4, -0.2) is 30.4 Å². The minimum absolute atomic E-state index is 0.152. The van der Waals surface area contributed by atoms with Crippen molar-refractivity contribution in [1.29, 1.82) is 0 Å². The highest BCUT2D eigenvalue weighted by atomic mass is 16.6. The number of carbonyl (C=O) groups is 1. The van der Waals surface area contributed by atoms with Crippen LogP contribution in [0, 0.1) is 0 Å². The van der Waals surface area contributed by atoms with Crippen molar-refractivity contribution in [2.45, 2.75) is 19.4 Å². The quantitative estimate of drug-likeness (QED) is 0.722. The standard InChI is InChI=1S/C13H14O6/c1-2-17-12(15)7-18-9-4-3-8-5-10(14)13(16)19-11(8)6-9/h3,5-6,9,14H,2,4,7H2,1H3. The van der Waals surface area contributed by atoms with Crippen LogP contribution in [0.25, 0.3) is 12.2 Å². The second-order valence-corrected chi connectivity index (χ2v) is 4.00. The Bertz CT molecular complexity index is 642. The third-order valence-electron chi connectivity index (χ3n) is 2.62. The summed E-state index contributed by atoms with van der Waals surface area (Å²) in [6, 6.07) is 1.35. The van der Waals surface area contributed by atoms with E-state index in [-0.39, 0.29) is 12.7 Å². The van der Waals surface area contributed by atoms with Crippen molar-refractivity contribution in [2.24, 2.45) is 0 Å². The highest BCUT2D eigenvalue weighted by Crippen LogP contribution is 2.05. The summed E-state index contributed by atoms with van der Waals surface area (Å²) in [5.74, 6) is -0.858. The van der Waals surface area contributed by atoms with Crippen molar-refractivity contribution in [3.63, 3.8) is 0 Å². The normalized spacial score (nSPS) is 17.0. The SMILES string of the molecule is CCOC(=O)COC1C=c2oc(=O)c(O)cc2=CC1. The average molecular weight is 266 g/mol. The first-order valence-corrected chi connectivity index (χ1v) is 5.92. The molecule has 1 heterocycles. The molecule has 1 aliphatic carbocycles. The number of ether oxygens (including phenoxy) is 2. The van der Waals surface area contributed by atoms with E-state index in [9.17, 15) is 14.7 Å². The molecule has 0 saturated carbocycles. The molecule has 1 aromatic rings. The highest BCUT2D eigenvalue weighted by Gasteiger charge is 2.13. The Morgan fingerprint density at radius 1 is 1.58 bits per heavy atom. The van der Waals surface area contributed by atoms with E-state index in [4.69, 9.17) is 13.9 Å². The van der Waals surface area contributed by atoms with Gasteiger partial charge in [-0.15, -0.1) is 0 Å². The Hall–Kier alpha value is -2.08. The first kappa shape index (κ1) is 13.4. The molecule has 1 aromatic heterocycles. The molecule has 0 aliphatic heterocycles. The van der Waals surface area contributed by atoms with E-state index in [1.54, 1.807) is 19.1 Å². The minimum Gasteiger partial charge on any atom is -0.502 e. The predicted molar refractivity (Wildman–Crippen MR) is 65.8 cm³/mol. The van der Waals surface area contributed by atoms with E-state index in [0.29, 0.717) is 23.7 Å². The molecular weight excluding hydrogens is 252 g/mol. The Morgan fingerprint density at radius 2 is 2.37 bits per heavy atom. The summed E-state index contributed by atoms with van der Waals surface area (Å²) in [5.41, 5.74) is -0.461. The zero-order valence-electron chi connectivity index (χ0n) is 10.4. The maximum atomic E-state index is 11.2. The van der Waals surface area contributed by atoms with Gasteiger partial charge in [0, 0.05) is 5.22 Å². The van der Waals surface area contributed by atoms with Gasteiger partial charge >= 0.3 is 11.6 Å². The van der Waals surface area contributed by atoms with Gasteiger partial charge in [-0.25, -0.2) is 9.59 Å². The van der Waals surface area contributed by atoms with Gasteiger partial charge in [-0.1, -0.05) is 6.08 Å². The Morgan fingerprint density at radius 3 is 3.11 bits per heavy atom. The van der Waals surface area contributed by atoms with Crippen molar-refractivity contribution in [2.75, 3.05) is 13.2 Å². The van der Waals surface area contributed by atoms with Crippen molar-refractivity contribution in [3.05, 3.63) is 27.1 Å². The molecule has 1 aliphatic rings. The Kier molecular flexibility index (Phi) is 4.01. The van der Waals surface area contributed by atoms with E-state index in [1.807, 2.05) is 0 Å². The summed E-state index contributed by atoms with van der Waals surface area (Å²) in [7, 11) is 0. The maximum Gasteiger partial charge on any atom is 0.378 e. The lowest BCUT2D eigenvalue weighted by atomic mass is 10.1. The molecule has 0 radical (unpaired) electrons. The number of carbonyl (C=O) groups excluding carboxylic acids is 1. The number of hydrogen-bond acceptors (Lipinski definition) is 6. The molecule has 2 rings (SSSR count). The second kappa shape index (κ2) is 5.71. The fourth-order valence-corrected chi connectivity index (χ4v) is 1.75. The maximum absolute atomic E-state index is 11.2. The topological polar surface area (TPSA) is 86.0 Å². The van der Waals surface area contributed by atoms with Crippen LogP contribution in [0.2, 0.25) is 0 Å². The molecule has 0 saturated heterocycles. The van der Waals surface area contributed by atoms with Crippen LogP contribution in [0.3, 0.4) is 0 Å². The van der Waals surface area contributed by atoms with Crippen LogP contribution in [0.5, 0.6) is 5.75 Å². The van der Waals surface area contributed by atoms with Gasteiger partial charge in [0.05, 0.1) is 12.7 Å². The van der Waals surface area contributed by atoms with E-state index in [1.165, 1.54) is 6.07 Å². The first-order valence-electron chi connectivity index (χ1n) is 5.92. The van der Waals surface area contributed by atoms with Gasteiger partial charge in [0.15, 0.2) is 0 Å². The number of fused-ring (bicyclic) bond motifs is 1. The molecular formula is C13H14O6. The fraction of sp³-hybridized carbons (Fsp3) is 0.385. The molecule has 1 N–H and O–H groups in total. The molecule has 6 nitrogen and oxygen atoms in total. The third-order valence-corrected chi connectivity index (χ3v) is 2.62. The number of rotatable bonds is 4. The van der Waals surface area contributed by atoms with Gasteiger partial charge in [-0.3, -0.25) is 0 Å². The lowest BCUT2D eigenvalue weighted by Gasteiger charge is -2.13. The number of hydrogen-bond donors (Lipinski definition) is 1. The summed E-state index contributed by atoms with van der Waals surface area (Å²) < 4.78 is 15.0. The van der Waals surface area contributed by atoms with Gasteiger partial charge in [-0.05, 0) is 25.5 Å². The summed E-state index contributed by atoms with van der Waals surface area (Å²) in [4.78, 5) is 22.3. The summed E-state index contributed by atoms with van der Waals surface area (Å²) in [6.45, 7) is 1.87. The molecule has 19 heavy (non-hydrogen) atoms. The molecule has 1 atom stereocenters. The Labute approximate surface area is 108 Å². The smallest absolute Gasteiger partial charge is 0.378 e. The zero-order chi connectivity index (χ0) is 13.8. The molecule has 1 unspecified atom stereocenters. The highest BCUT2D eigenvalue weighted by molar-refractivity contribution is 5.70. The van der Waals surface area contributed by atoms with Gasteiger partial charge in [-0.2, -0.15) is 0 Å². The lowest BCUT2D eigenvalue weighted by Crippen LogP contribution is -2.34. The molecule has 0 spiro atoms. The fourth-order valence-electron chi connectivity index (χ4n) is 1.75. The van der Waals surface area contributed by atoms with E-state index >= 15 is 0 Å². The summed E-state index contributed by atoms with van der Waals surface area (Å²) in [6.07, 6.45) is 3.55. The lowest BCUT2D eigenvalue weighted by molar-refractivity contribution is -0.149. The van der Waals surface area contributed by atoms with E-state index in [2.05, 4.69) is 0 Å². The van der Waals surface area contributed by atoms with Crippen molar-refractivity contribution < 1.29 is 23.8 Å². The minimum atomic E-state index is -0.797. The average Bonchev–Trinajstić information content (AvgIpc) is 2.38. The summed E-state index contributed by atoms with van der Waals surface area (Å²) in [5, 5.41) is 9.88. The van der Waals surface area contributed by atoms with Crippen molar-refractivity contribution >= 4 is 18.1 Å². The van der Waals surface area contributed by atoms with Crippen LogP contribution in [0.1, 0.15) is 13.3 Å². The molecule has 0 bridgehead atoms. The molecule has 0 aromatic carbocycles.